The number of hydrogen-bond donors (Lipinski definition) is 1. The Kier molecular flexibility index (Phi) is 4.43. The van der Waals surface area contributed by atoms with Crippen LogP contribution in [-0.4, -0.2) is 31.2 Å². The maximum absolute atomic E-state index is 5.88. The summed E-state index contributed by atoms with van der Waals surface area (Å²) in [4.78, 5) is 12.9. The molecule has 0 amide bonds. The Morgan fingerprint density at radius 3 is 2.81 bits per heavy atom. The molecular formula is C18H18N6O3. The number of hydrogen-bond acceptors (Lipinski definition) is 8. The maximum Gasteiger partial charge on any atom is 0.224 e. The molecule has 4 heterocycles. The van der Waals surface area contributed by atoms with Crippen molar-refractivity contribution in [3.05, 3.63) is 48.0 Å². The molecule has 0 fully saturated rings. The van der Waals surface area contributed by atoms with E-state index in [0.29, 0.717) is 42.1 Å². The second kappa shape index (κ2) is 7.04. The number of aryl methyl sites for hydroxylation is 1. The summed E-state index contributed by atoms with van der Waals surface area (Å²) < 4.78 is 18.4. The molecule has 4 aromatic rings. The summed E-state index contributed by atoms with van der Waals surface area (Å²) in [5, 5.41) is 4.31. The van der Waals surface area contributed by atoms with Crippen LogP contribution in [0.15, 0.2) is 40.9 Å². The lowest BCUT2D eigenvalue weighted by Crippen LogP contribution is -2.04. The van der Waals surface area contributed by atoms with Crippen LogP contribution >= 0.6 is 0 Å². The fourth-order valence-corrected chi connectivity index (χ4v) is 2.57. The molecule has 0 bridgehead atoms. The summed E-state index contributed by atoms with van der Waals surface area (Å²) >= 11 is 0. The zero-order valence-corrected chi connectivity index (χ0v) is 14.9. The third-order valence-electron chi connectivity index (χ3n) is 3.76. The van der Waals surface area contributed by atoms with E-state index in [4.69, 9.17) is 19.6 Å². The first-order valence-corrected chi connectivity index (χ1v) is 8.43. The van der Waals surface area contributed by atoms with Crippen LogP contribution in [0.3, 0.4) is 0 Å². The smallest absolute Gasteiger partial charge is 0.224 e. The number of rotatable bonds is 6. The van der Waals surface area contributed by atoms with Gasteiger partial charge in [0.05, 0.1) is 18.5 Å². The molecule has 0 unspecified atom stereocenters. The minimum Gasteiger partial charge on any atom is -0.458 e. The van der Waals surface area contributed by atoms with Crippen LogP contribution in [0, 0.1) is 6.92 Å². The van der Waals surface area contributed by atoms with Crippen molar-refractivity contribution in [2.24, 2.45) is 0 Å². The number of furan rings is 1. The van der Waals surface area contributed by atoms with Crippen molar-refractivity contribution in [1.29, 1.82) is 0 Å². The number of nitrogen functional groups attached to an aromatic ring is 1. The van der Waals surface area contributed by atoms with Gasteiger partial charge in [0, 0.05) is 12.7 Å². The number of nitrogens with zero attached hydrogens (tertiary/aromatic N) is 5. The molecule has 4 aromatic heterocycles. The van der Waals surface area contributed by atoms with E-state index in [1.807, 2.05) is 32.0 Å². The van der Waals surface area contributed by atoms with Crippen LogP contribution in [0.4, 0.5) is 5.95 Å². The fraction of sp³-hybridized carbons (Fsp3) is 0.222. The minimum atomic E-state index is 0.0926. The summed E-state index contributed by atoms with van der Waals surface area (Å²) in [5.41, 5.74) is 7.07. The Balaban J connectivity index is 1.70. The van der Waals surface area contributed by atoms with Gasteiger partial charge in [-0.2, -0.15) is 19.6 Å². The molecule has 138 valence electrons. The van der Waals surface area contributed by atoms with Gasteiger partial charge in [-0.1, -0.05) is 6.07 Å². The van der Waals surface area contributed by atoms with E-state index in [1.165, 1.54) is 4.52 Å². The van der Waals surface area contributed by atoms with Crippen LogP contribution < -0.4 is 10.5 Å². The highest BCUT2D eigenvalue weighted by Crippen LogP contribution is 2.28. The molecule has 0 spiro atoms. The number of aromatic nitrogens is 5. The van der Waals surface area contributed by atoms with Crippen molar-refractivity contribution >= 4 is 11.6 Å². The van der Waals surface area contributed by atoms with Crippen LogP contribution in [0.1, 0.15) is 18.4 Å². The van der Waals surface area contributed by atoms with Gasteiger partial charge in [-0.3, -0.25) is 0 Å². The fourth-order valence-electron chi connectivity index (χ4n) is 2.57. The molecule has 0 aliphatic carbocycles. The Bertz CT molecular complexity index is 1090. The quantitative estimate of drug-likeness (QED) is 0.554. The largest absolute Gasteiger partial charge is 0.458 e. The molecule has 2 N–H and O–H groups in total. The first-order chi connectivity index (χ1) is 13.1. The van der Waals surface area contributed by atoms with Gasteiger partial charge >= 0.3 is 0 Å². The highest BCUT2D eigenvalue weighted by atomic mass is 16.5. The van der Waals surface area contributed by atoms with Gasteiger partial charge in [0.15, 0.2) is 11.5 Å². The zero-order chi connectivity index (χ0) is 18.8. The van der Waals surface area contributed by atoms with Crippen LogP contribution in [0.5, 0.6) is 11.6 Å². The monoisotopic (exact) mass is 366 g/mol. The van der Waals surface area contributed by atoms with Crippen LogP contribution in [0.25, 0.3) is 17.2 Å². The summed E-state index contributed by atoms with van der Waals surface area (Å²) in [7, 11) is 0. The highest BCUT2D eigenvalue weighted by molar-refractivity contribution is 5.61. The van der Waals surface area contributed by atoms with Gasteiger partial charge in [-0.05, 0) is 32.0 Å². The van der Waals surface area contributed by atoms with Crippen LogP contribution in [0.2, 0.25) is 0 Å². The molecule has 0 atom stereocenters. The van der Waals surface area contributed by atoms with Crippen molar-refractivity contribution in [3.8, 4) is 23.2 Å². The Labute approximate surface area is 154 Å². The van der Waals surface area contributed by atoms with Gasteiger partial charge in [-0.25, -0.2) is 4.98 Å². The lowest BCUT2D eigenvalue weighted by atomic mass is 10.3. The Morgan fingerprint density at radius 1 is 1.15 bits per heavy atom. The van der Waals surface area contributed by atoms with E-state index in [2.05, 4.69) is 20.1 Å². The average Bonchev–Trinajstić information content (AvgIpc) is 3.26. The molecule has 9 heteroatoms. The first kappa shape index (κ1) is 17.0. The molecule has 27 heavy (non-hydrogen) atoms. The van der Waals surface area contributed by atoms with Gasteiger partial charge < -0.3 is 19.6 Å². The van der Waals surface area contributed by atoms with Crippen molar-refractivity contribution in [2.75, 3.05) is 12.3 Å². The predicted molar refractivity (Wildman–Crippen MR) is 97.3 cm³/mol. The van der Waals surface area contributed by atoms with E-state index in [9.17, 15) is 0 Å². The minimum absolute atomic E-state index is 0.0926. The standard InChI is InChI=1S/C18H18N6O3/c1-3-25-10-12-5-4-6-15(21-12)27-14-9-20-24-16(13-8-7-11(2)26-13)22-18(19)23-17(14)24/h4-9H,3,10H2,1-2H3,(H2,19,23). The third kappa shape index (κ3) is 3.44. The van der Waals surface area contributed by atoms with Crippen molar-refractivity contribution in [2.45, 2.75) is 20.5 Å². The second-order valence-corrected chi connectivity index (χ2v) is 5.77. The summed E-state index contributed by atoms with van der Waals surface area (Å²) in [6.45, 7) is 4.82. The summed E-state index contributed by atoms with van der Waals surface area (Å²) in [5.74, 6) is 2.66. The Hall–Kier alpha value is -3.46. The molecule has 0 saturated heterocycles. The lowest BCUT2D eigenvalue weighted by molar-refractivity contribution is 0.131. The molecule has 0 aromatic carbocycles. The summed E-state index contributed by atoms with van der Waals surface area (Å²) in [6, 6.07) is 9.12. The van der Waals surface area contributed by atoms with Crippen LogP contribution in [-0.2, 0) is 11.3 Å². The molecular weight excluding hydrogens is 348 g/mol. The van der Waals surface area contributed by atoms with E-state index >= 15 is 0 Å². The van der Waals surface area contributed by atoms with Gasteiger partial charge in [-0.15, -0.1) is 0 Å². The number of anilines is 1. The number of fused-ring (bicyclic) bond motifs is 1. The molecule has 4 rings (SSSR count). The predicted octanol–water partition coefficient (Wildman–Crippen LogP) is 3.00. The van der Waals surface area contributed by atoms with E-state index in [0.717, 1.165) is 11.5 Å². The van der Waals surface area contributed by atoms with E-state index < -0.39 is 0 Å². The molecule has 0 saturated carbocycles. The van der Waals surface area contributed by atoms with Gasteiger partial charge in [0.2, 0.25) is 23.3 Å². The average molecular weight is 366 g/mol. The van der Waals surface area contributed by atoms with E-state index in [-0.39, 0.29) is 5.95 Å². The highest BCUT2D eigenvalue weighted by Gasteiger charge is 2.17. The van der Waals surface area contributed by atoms with Crippen molar-refractivity contribution in [3.63, 3.8) is 0 Å². The SMILES string of the molecule is CCOCc1cccc(Oc2cnn3c(-c4ccc(C)o4)nc(N)nc23)n1. The first-order valence-electron chi connectivity index (χ1n) is 8.43. The van der Waals surface area contributed by atoms with Crippen molar-refractivity contribution < 1.29 is 13.9 Å². The number of nitrogens with two attached hydrogens (primary N) is 1. The van der Waals surface area contributed by atoms with Gasteiger partial charge in [0.1, 0.15) is 5.76 Å². The lowest BCUT2D eigenvalue weighted by Gasteiger charge is -2.06. The maximum atomic E-state index is 5.88. The topological polar surface area (TPSA) is 114 Å². The molecule has 0 radical (unpaired) electrons. The van der Waals surface area contributed by atoms with Crippen molar-refractivity contribution in [1.82, 2.24) is 24.6 Å². The third-order valence-corrected chi connectivity index (χ3v) is 3.76. The van der Waals surface area contributed by atoms with Gasteiger partial charge in [0.25, 0.3) is 0 Å². The number of ether oxygens (including phenoxy) is 2. The molecule has 9 nitrogen and oxygen atoms in total. The Morgan fingerprint density at radius 2 is 2.04 bits per heavy atom. The number of pyridine rings is 1. The molecule has 0 aliphatic rings. The zero-order valence-electron chi connectivity index (χ0n) is 14.9. The van der Waals surface area contributed by atoms with E-state index in [1.54, 1.807) is 18.3 Å². The second-order valence-electron chi connectivity index (χ2n) is 5.77. The summed E-state index contributed by atoms with van der Waals surface area (Å²) in [6.07, 6.45) is 1.54. The normalized spacial score (nSPS) is 11.2. The molecule has 0 aliphatic heterocycles.